The molecule has 0 saturated carbocycles. The molecule has 0 radical (unpaired) electrons. The number of rotatable bonds is 8. The van der Waals surface area contributed by atoms with E-state index in [2.05, 4.69) is 44.6 Å². The molecule has 0 bridgehead atoms. The summed E-state index contributed by atoms with van der Waals surface area (Å²) in [5.74, 6) is 1.40. The second-order valence-corrected chi connectivity index (χ2v) is 7.69. The number of guanidine groups is 1. The molecular weight excluding hydrogens is 483 g/mol. The Hall–Kier alpha value is -1.61. The second kappa shape index (κ2) is 12.1. The number of likely N-dealkylation sites (tertiary alicyclic amines) is 1. The first-order valence-corrected chi connectivity index (χ1v) is 10.5. The molecule has 1 unspecified atom stereocenters. The monoisotopic (exact) mass is 512 g/mol. The first-order chi connectivity index (χ1) is 13.2. The predicted molar refractivity (Wildman–Crippen MR) is 128 cm³/mol. The minimum Gasteiger partial charge on any atom is -0.356 e. The first-order valence-electron chi connectivity index (χ1n) is 9.52. The maximum Gasteiger partial charge on any atom is 0.223 e. The fraction of sp³-hybridized carbons (Fsp3) is 0.429. The van der Waals surface area contributed by atoms with Crippen LogP contribution in [0.25, 0.3) is 0 Å². The maximum atomic E-state index is 12.3. The van der Waals surface area contributed by atoms with Crippen LogP contribution in [0.3, 0.4) is 0 Å². The van der Waals surface area contributed by atoms with Gasteiger partial charge in [-0.05, 0) is 40.8 Å². The second-order valence-electron chi connectivity index (χ2n) is 6.91. The Kier molecular flexibility index (Phi) is 9.77. The van der Waals surface area contributed by atoms with Gasteiger partial charge in [0.2, 0.25) is 5.91 Å². The summed E-state index contributed by atoms with van der Waals surface area (Å²) < 4.78 is 0. The highest BCUT2D eigenvalue weighted by Gasteiger charge is 2.29. The zero-order valence-electron chi connectivity index (χ0n) is 16.3. The van der Waals surface area contributed by atoms with Crippen LogP contribution in [-0.2, 0) is 17.6 Å². The summed E-state index contributed by atoms with van der Waals surface area (Å²) in [6.45, 7) is 3.24. The minimum atomic E-state index is 0. The lowest BCUT2D eigenvalue weighted by Crippen LogP contribution is -2.41. The van der Waals surface area contributed by atoms with Crippen molar-refractivity contribution >= 4 is 47.2 Å². The van der Waals surface area contributed by atoms with Crippen LogP contribution in [0.4, 0.5) is 0 Å². The largest absolute Gasteiger partial charge is 0.356 e. The van der Waals surface area contributed by atoms with Crippen molar-refractivity contribution in [3.63, 3.8) is 0 Å². The average Bonchev–Trinajstić information content (AvgIpc) is 3.33. The molecule has 2 N–H and O–H groups in total. The molecule has 1 aliphatic rings. The van der Waals surface area contributed by atoms with Crippen molar-refractivity contribution in [2.45, 2.75) is 19.3 Å². The van der Waals surface area contributed by atoms with E-state index in [1.165, 1.54) is 11.1 Å². The van der Waals surface area contributed by atoms with Gasteiger partial charge in [-0.2, -0.15) is 11.3 Å². The molecule has 1 saturated heterocycles. The molecule has 1 fully saturated rings. The molecule has 1 aromatic carbocycles. The number of hydrogen-bond donors (Lipinski definition) is 2. The van der Waals surface area contributed by atoms with Crippen molar-refractivity contribution in [3.05, 3.63) is 58.3 Å². The number of thiophene rings is 1. The van der Waals surface area contributed by atoms with Gasteiger partial charge in [0.1, 0.15) is 0 Å². The van der Waals surface area contributed by atoms with Crippen molar-refractivity contribution < 1.29 is 4.79 Å². The molecule has 1 amide bonds. The molecule has 1 aliphatic heterocycles. The first kappa shape index (κ1) is 22.7. The van der Waals surface area contributed by atoms with E-state index in [1.807, 2.05) is 23.1 Å². The van der Waals surface area contributed by atoms with Crippen molar-refractivity contribution in [1.82, 2.24) is 15.5 Å². The summed E-state index contributed by atoms with van der Waals surface area (Å²) >= 11 is 1.72. The molecule has 152 valence electrons. The lowest BCUT2D eigenvalue weighted by atomic mass is 10.1. The van der Waals surface area contributed by atoms with Gasteiger partial charge >= 0.3 is 0 Å². The summed E-state index contributed by atoms with van der Waals surface area (Å²) in [6, 6.07) is 12.5. The van der Waals surface area contributed by atoms with Crippen LogP contribution in [0.2, 0.25) is 0 Å². The van der Waals surface area contributed by atoms with E-state index in [-0.39, 0.29) is 29.9 Å². The average molecular weight is 512 g/mol. The summed E-state index contributed by atoms with van der Waals surface area (Å²) in [5.41, 5.74) is 2.63. The number of halogens is 1. The predicted octanol–water partition coefficient (Wildman–Crippen LogP) is 3.16. The number of benzene rings is 1. The Morgan fingerprint density at radius 2 is 2.00 bits per heavy atom. The van der Waals surface area contributed by atoms with Gasteiger partial charge in [0, 0.05) is 45.6 Å². The Balaban J connectivity index is 0.00000280. The summed E-state index contributed by atoms with van der Waals surface area (Å²) in [6.07, 6.45) is 2.52. The Morgan fingerprint density at radius 3 is 2.71 bits per heavy atom. The molecule has 7 heteroatoms. The topological polar surface area (TPSA) is 56.7 Å². The van der Waals surface area contributed by atoms with Gasteiger partial charge in [0.25, 0.3) is 0 Å². The third kappa shape index (κ3) is 7.09. The highest BCUT2D eigenvalue weighted by atomic mass is 127. The summed E-state index contributed by atoms with van der Waals surface area (Å²) in [4.78, 5) is 18.5. The summed E-state index contributed by atoms with van der Waals surface area (Å²) in [5, 5.41) is 11.0. The van der Waals surface area contributed by atoms with E-state index >= 15 is 0 Å². The molecule has 2 aromatic rings. The van der Waals surface area contributed by atoms with Gasteiger partial charge in [-0.25, -0.2) is 0 Å². The maximum absolute atomic E-state index is 12.3. The van der Waals surface area contributed by atoms with Crippen LogP contribution in [0, 0.1) is 5.92 Å². The molecule has 28 heavy (non-hydrogen) atoms. The standard InChI is InChI=1S/C21H28N4OS.HI/c1-22-21(23-10-7-18-9-12-27-16-18)24-14-19-13-20(26)25(15-19)11-8-17-5-3-2-4-6-17;/h2-6,9,12,16,19H,7-8,10-11,13-15H2,1H3,(H2,22,23,24);1H. The van der Waals surface area contributed by atoms with Gasteiger partial charge in [0.05, 0.1) is 0 Å². The third-order valence-corrected chi connectivity index (χ3v) is 5.61. The fourth-order valence-electron chi connectivity index (χ4n) is 3.34. The van der Waals surface area contributed by atoms with Gasteiger partial charge in [-0.1, -0.05) is 30.3 Å². The molecule has 0 spiro atoms. The highest BCUT2D eigenvalue weighted by Crippen LogP contribution is 2.17. The highest BCUT2D eigenvalue weighted by molar-refractivity contribution is 14.0. The van der Waals surface area contributed by atoms with Crippen LogP contribution in [-0.4, -0.2) is 50.0 Å². The number of carbonyl (C=O) groups excluding carboxylic acids is 1. The number of carbonyl (C=O) groups is 1. The molecule has 5 nitrogen and oxygen atoms in total. The number of aliphatic imine (C=N–C) groups is 1. The molecule has 1 aromatic heterocycles. The van der Waals surface area contributed by atoms with Crippen LogP contribution >= 0.6 is 35.3 Å². The van der Waals surface area contributed by atoms with Crippen molar-refractivity contribution in [2.75, 3.05) is 33.2 Å². The van der Waals surface area contributed by atoms with Gasteiger partial charge in [-0.15, -0.1) is 24.0 Å². The van der Waals surface area contributed by atoms with Crippen LogP contribution in [0.15, 0.2) is 52.2 Å². The fourth-order valence-corrected chi connectivity index (χ4v) is 4.04. The quantitative estimate of drug-likeness (QED) is 0.325. The third-order valence-electron chi connectivity index (χ3n) is 4.88. The lowest BCUT2D eigenvalue weighted by Gasteiger charge is -2.18. The van der Waals surface area contributed by atoms with Crippen molar-refractivity contribution in [1.29, 1.82) is 0 Å². The zero-order valence-corrected chi connectivity index (χ0v) is 19.4. The van der Waals surface area contributed by atoms with E-state index < -0.39 is 0 Å². The van der Waals surface area contributed by atoms with Gasteiger partial charge in [-0.3, -0.25) is 9.79 Å². The van der Waals surface area contributed by atoms with Crippen LogP contribution in [0.1, 0.15) is 17.5 Å². The van der Waals surface area contributed by atoms with Crippen molar-refractivity contribution in [2.24, 2.45) is 10.9 Å². The van der Waals surface area contributed by atoms with E-state index in [0.29, 0.717) is 12.3 Å². The van der Waals surface area contributed by atoms with Gasteiger partial charge < -0.3 is 15.5 Å². The van der Waals surface area contributed by atoms with E-state index in [9.17, 15) is 4.79 Å². The Labute approximate surface area is 188 Å². The van der Waals surface area contributed by atoms with E-state index in [0.717, 1.165) is 45.0 Å². The summed E-state index contributed by atoms with van der Waals surface area (Å²) in [7, 11) is 1.78. The van der Waals surface area contributed by atoms with Gasteiger partial charge in [0.15, 0.2) is 5.96 Å². The van der Waals surface area contributed by atoms with E-state index in [4.69, 9.17) is 0 Å². The zero-order chi connectivity index (χ0) is 18.9. The van der Waals surface area contributed by atoms with Crippen LogP contribution < -0.4 is 10.6 Å². The SMILES string of the molecule is CN=C(NCCc1ccsc1)NCC1CC(=O)N(CCc2ccccc2)C1.I. The molecule has 3 rings (SSSR count). The smallest absolute Gasteiger partial charge is 0.223 e. The minimum absolute atomic E-state index is 0. The van der Waals surface area contributed by atoms with Crippen LogP contribution in [0.5, 0.6) is 0 Å². The Bertz CT molecular complexity index is 736. The van der Waals surface area contributed by atoms with E-state index in [1.54, 1.807) is 18.4 Å². The molecule has 0 aliphatic carbocycles. The normalized spacial score (nSPS) is 16.8. The molecule has 1 atom stereocenters. The molecular formula is C21H29IN4OS. The lowest BCUT2D eigenvalue weighted by molar-refractivity contribution is -0.127. The number of nitrogens with one attached hydrogen (secondary N) is 2. The van der Waals surface area contributed by atoms with Crippen molar-refractivity contribution in [3.8, 4) is 0 Å². The number of hydrogen-bond acceptors (Lipinski definition) is 3. The Morgan fingerprint density at radius 1 is 1.18 bits per heavy atom. The number of nitrogens with zero attached hydrogens (tertiary/aromatic N) is 2. The molecule has 2 heterocycles. The number of amides is 1.